The molecular weight excluding hydrogens is 518 g/mol. The number of hydrogen-bond acceptors (Lipinski definition) is 10. The number of carbonyl (C=O) groups excluding carboxylic acids is 3. The van der Waals surface area contributed by atoms with E-state index in [1.54, 1.807) is 6.07 Å². The summed E-state index contributed by atoms with van der Waals surface area (Å²) in [7, 11) is 2.09. The molecule has 1 aliphatic heterocycles. The highest BCUT2D eigenvalue weighted by atomic mass is 16.4. The molecule has 2 heterocycles. The largest absolute Gasteiger partial charge is 0.508 e. The molecule has 0 radical (unpaired) electrons. The number of piperazine rings is 1. The minimum atomic E-state index is -2.58. The van der Waals surface area contributed by atoms with Crippen molar-refractivity contribution in [2.45, 2.75) is 31.4 Å². The zero-order valence-electron chi connectivity index (χ0n) is 22.0. The van der Waals surface area contributed by atoms with E-state index in [-0.39, 0.29) is 36.1 Å². The molecule has 3 unspecified atom stereocenters. The molecule has 1 saturated heterocycles. The number of rotatable bonds is 4. The molecule has 40 heavy (non-hydrogen) atoms. The Balaban J connectivity index is 1.39. The molecule has 2 aromatic rings. The van der Waals surface area contributed by atoms with E-state index in [1.165, 1.54) is 6.07 Å². The number of aliphatic hydroxyl groups is 3. The first-order chi connectivity index (χ1) is 19.0. The number of aliphatic hydroxyl groups excluding tert-OH is 2. The van der Waals surface area contributed by atoms with Crippen molar-refractivity contribution in [2.24, 2.45) is 17.6 Å². The van der Waals surface area contributed by atoms with Gasteiger partial charge in [0.2, 0.25) is 5.78 Å². The van der Waals surface area contributed by atoms with Crippen LogP contribution < -0.4 is 5.73 Å². The first-order valence-corrected chi connectivity index (χ1v) is 13.3. The SMILES string of the molecule is CN1CCN(Cc2ccc(-c3ccc(O)c4c3CC3CC5CC(=O)C(C(N)=O)=C(O)C5(O)C(=O)C3=C4O)o2)CC1. The summed E-state index contributed by atoms with van der Waals surface area (Å²) in [5.41, 5.74) is 2.95. The first kappa shape index (κ1) is 26.3. The number of phenols is 1. The van der Waals surface area contributed by atoms with Gasteiger partial charge in [-0.1, -0.05) is 0 Å². The fraction of sp³-hybridized carbons (Fsp3) is 0.414. The Morgan fingerprint density at radius 3 is 2.50 bits per heavy atom. The van der Waals surface area contributed by atoms with Crippen LogP contribution in [0, 0.1) is 11.8 Å². The second kappa shape index (κ2) is 9.33. The van der Waals surface area contributed by atoms with Gasteiger partial charge in [0.15, 0.2) is 11.4 Å². The lowest BCUT2D eigenvalue weighted by Crippen LogP contribution is -2.58. The highest BCUT2D eigenvalue weighted by Gasteiger charge is 2.60. The van der Waals surface area contributed by atoms with Crippen LogP contribution in [0.5, 0.6) is 5.75 Å². The second-order valence-electron chi connectivity index (χ2n) is 11.2. The molecule has 11 heteroatoms. The number of ketones is 2. The Kier molecular flexibility index (Phi) is 6.13. The number of fused-ring (bicyclic) bond motifs is 3. The molecule has 1 amide bonds. The lowest BCUT2D eigenvalue weighted by atomic mass is 9.59. The highest BCUT2D eigenvalue weighted by Crippen LogP contribution is 2.53. The first-order valence-electron chi connectivity index (χ1n) is 13.3. The molecule has 6 rings (SSSR count). The number of nitrogens with zero attached hydrogens (tertiary/aromatic N) is 2. The van der Waals surface area contributed by atoms with Gasteiger partial charge < -0.3 is 35.5 Å². The molecule has 1 aromatic heterocycles. The summed E-state index contributed by atoms with van der Waals surface area (Å²) in [6.45, 7) is 4.47. The van der Waals surface area contributed by atoms with E-state index in [9.17, 15) is 34.8 Å². The summed E-state index contributed by atoms with van der Waals surface area (Å²) in [6, 6.07) is 6.84. The maximum atomic E-state index is 13.7. The zero-order chi connectivity index (χ0) is 28.5. The van der Waals surface area contributed by atoms with Gasteiger partial charge in [-0.3, -0.25) is 19.3 Å². The van der Waals surface area contributed by atoms with E-state index >= 15 is 0 Å². The van der Waals surface area contributed by atoms with E-state index in [1.807, 2.05) is 12.1 Å². The molecule has 2 fully saturated rings. The molecule has 1 saturated carbocycles. The minimum Gasteiger partial charge on any atom is -0.508 e. The smallest absolute Gasteiger partial charge is 0.255 e. The maximum Gasteiger partial charge on any atom is 0.255 e. The third-order valence-corrected chi connectivity index (χ3v) is 8.85. The molecule has 6 N–H and O–H groups in total. The third kappa shape index (κ3) is 3.87. The fourth-order valence-corrected chi connectivity index (χ4v) is 6.69. The molecular formula is C29H31N3O8. The summed E-state index contributed by atoms with van der Waals surface area (Å²) in [4.78, 5) is 42.6. The molecule has 1 aromatic carbocycles. The molecule has 3 aliphatic carbocycles. The Morgan fingerprint density at radius 2 is 1.80 bits per heavy atom. The summed E-state index contributed by atoms with van der Waals surface area (Å²) >= 11 is 0. The normalized spacial score (nSPS) is 27.4. The van der Waals surface area contributed by atoms with Crippen LogP contribution in [-0.2, 0) is 27.3 Å². The molecule has 210 valence electrons. The number of carbonyl (C=O) groups is 3. The Labute approximate surface area is 229 Å². The molecule has 11 nitrogen and oxygen atoms in total. The van der Waals surface area contributed by atoms with Gasteiger partial charge in [-0.25, -0.2) is 0 Å². The molecule has 4 aliphatic rings. The van der Waals surface area contributed by atoms with Crippen molar-refractivity contribution in [1.82, 2.24) is 9.80 Å². The van der Waals surface area contributed by atoms with Gasteiger partial charge in [-0.15, -0.1) is 0 Å². The molecule has 0 bridgehead atoms. The number of primary amides is 1. The van der Waals surface area contributed by atoms with E-state index in [0.29, 0.717) is 23.4 Å². The van der Waals surface area contributed by atoms with Crippen LogP contribution in [0.4, 0.5) is 0 Å². The van der Waals surface area contributed by atoms with Crippen molar-refractivity contribution in [3.05, 3.63) is 58.1 Å². The quantitative estimate of drug-likeness (QED) is 0.351. The van der Waals surface area contributed by atoms with Crippen molar-refractivity contribution in [1.29, 1.82) is 0 Å². The number of furan rings is 1. The minimum absolute atomic E-state index is 0.0432. The van der Waals surface area contributed by atoms with Crippen molar-refractivity contribution >= 4 is 23.2 Å². The summed E-state index contributed by atoms with van der Waals surface area (Å²) in [5, 5.41) is 44.2. The lowest BCUT2D eigenvalue weighted by molar-refractivity contribution is -0.147. The van der Waals surface area contributed by atoms with Crippen LogP contribution in [0.1, 0.15) is 29.7 Å². The highest BCUT2D eigenvalue weighted by molar-refractivity contribution is 6.22. The lowest BCUT2D eigenvalue weighted by Gasteiger charge is -2.46. The number of likely N-dealkylation sites (N-methyl/N-ethyl adjacent to an activating group) is 1. The topological polar surface area (TPSA) is 178 Å². The van der Waals surface area contributed by atoms with Crippen molar-refractivity contribution in [3.8, 4) is 17.1 Å². The fourth-order valence-electron chi connectivity index (χ4n) is 6.69. The van der Waals surface area contributed by atoms with Gasteiger partial charge in [0, 0.05) is 49.7 Å². The van der Waals surface area contributed by atoms with Crippen LogP contribution in [0.3, 0.4) is 0 Å². The maximum absolute atomic E-state index is 13.7. The van der Waals surface area contributed by atoms with E-state index in [2.05, 4.69) is 16.8 Å². The van der Waals surface area contributed by atoms with Crippen molar-refractivity contribution < 1.29 is 39.2 Å². The Bertz CT molecular complexity index is 1510. The second-order valence-corrected chi connectivity index (χ2v) is 11.2. The zero-order valence-corrected chi connectivity index (χ0v) is 22.0. The number of benzene rings is 1. The molecule has 3 atom stereocenters. The Morgan fingerprint density at radius 1 is 1.07 bits per heavy atom. The van der Waals surface area contributed by atoms with E-state index in [4.69, 9.17) is 10.2 Å². The number of nitrogens with two attached hydrogens (primary N) is 1. The molecule has 0 spiro atoms. The predicted molar refractivity (Wildman–Crippen MR) is 142 cm³/mol. The van der Waals surface area contributed by atoms with Gasteiger partial charge in [0.05, 0.1) is 12.1 Å². The van der Waals surface area contributed by atoms with Gasteiger partial charge >= 0.3 is 0 Å². The number of aromatic hydroxyl groups is 1. The van der Waals surface area contributed by atoms with Crippen LogP contribution in [-0.4, -0.2) is 86.5 Å². The van der Waals surface area contributed by atoms with Gasteiger partial charge in [0.1, 0.15) is 34.4 Å². The predicted octanol–water partition coefficient (Wildman–Crippen LogP) is 1.43. The summed E-state index contributed by atoms with van der Waals surface area (Å²) < 4.78 is 6.19. The van der Waals surface area contributed by atoms with Crippen LogP contribution in [0.25, 0.3) is 17.1 Å². The third-order valence-electron chi connectivity index (χ3n) is 8.85. The number of Topliss-reactive ketones (excluding diaryl/α,β-unsaturated/α-hetero) is 2. The summed E-state index contributed by atoms with van der Waals surface area (Å²) in [5.74, 6) is -5.17. The summed E-state index contributed by atoms with van der Waals surface area (Å²) in [6.07, 6.45) is -0.0693. The van der Waals surface area contributed by atoms with Crippen LogP contribution in [0.15, 0.2) is 45.6 Å². The number of amides is 1. The van der Waals surface area contributed by atoms with Gasteiger partial charge in [0.25, 0.3) is 5.91 Å². The van der Waals surface area contributed by atoms with E-state index in [0.717, 1.165) is 31.9 Å². The van der Waals surface area contributed by atoms with Crippen LogP contribution in [0.2, 0.25) is 0 Å². The standard InChI is InChI=1S/C29H31N3O8/c1-31-6-8-32(9-7-31)13-16-2-5-21(40-16)17-3-4-19(33)23-18(17)11-14-10-15-12-20(34)24(28(30)38)27(37)29(15,39)26(36)22(14)25(23)35/h2-5,14-15,33,35,37,39H,6-13H2,1H3,(H2,30,38). The average Bonchev–Trinajstić information content (AvgIpc) is 3.35. The van der Waals surface area contributed by atoms with Crippen molar-refractivity contribution in [2.75, 3.05) is 33.2 Å². The van der Waals surface area contributed by atoms with Gasteiger partial charge in [-0.05, 0) is 55.6 Å². The monoisotopic (exact) mass is 549 g/mol. The Hall–Kier alpha value is -3.93. The van der Waals surface area contributed by atoms with Gasteiger partial charge in [-0.2, -0.15) is 0 Å². The number of hydrogen-bond donors (Lipinski definition) is 5. The number of phenolic OH excluding ortho intramolecular Hbond substituents is 1. The average molecular weight is 550 g/mol. The van der Waals surface area contributed by atoms with E-state index < -0.39 is 52.0 Å². The van der Waals surface area contributed by atoms with Crippen LogP contribution >= 0.6 is 0 Å². The van der Waals surface area contributed by atoms with Crippen molar-refractivity contribution in [3.63, 3.8) is 0 Å².